The number of carbonyl (C=O) groups excluding carboxylic acids is 1. The van der Waals surface area contributed by atoms with Gasteiger partial charge in [-0.1, -0.05) is 30.3 Å². The Morgan fingerprint density at radius 1 is 0.970 bits per heavy atom. The Labute approximate surface area is 189 Å². The van der Waals surface area contributed by atoms with Gasteiger partial charge in [-0.3, -0.25) is 18.7 Å². The molecule has 0 fully saturated rings. The van der Waals surface area contributed by atoms with Crippen LogP contribution in [0.1, 0.15) is 17.5 Å². The highest BCUT2D eigenvalue weighted by atomic mass is 16.1. The summed E-state index contributed by atoms with van der Waals surface area (Å²) in [5.74, 6) is 0.619. The van der Waals surface area contributed by atoms with Crippen molar-refractivity contribution in [2.45, 2.75) is 26.4 Å². The molecule has 8 heteroatoms. The molecule has 0 aliphatic heterocycles. The number of rotatable bonds is 6. The molecule has 0 radical (unpaired) electrons. The average Bonchev–Trinajstić information content (AvgIpc) is 3.27. The van der Waals surface area contributed by atoms with Gasteiger partial charge in [0.2, 0.25) is 5.91 Å². The lowest BCUT2D eigenvalue weighted by atomic mass is 10.1. The molecule has 3 aromatic heterocycles. The van der Waals surface area contributed by atoms with Crippen LogP contribution in [0.5, 0.6) is 0 Å². The largest absolute Gasteiger partial charge is 0.352 e. The predicted octanol–water partition coefficient (Wildman–Crippen LogP) is 3.15. The maximum atomic E-state index is 12.7. The second-order valence-corrected chi connectivity index (χ2v) is 7.87. The molecule has 1 amide bonds. The van der Waals surface area contributed by atoms with E-state index in [2.05, 4.69) is 20.3 Å². The van der Waals surface area contributed by atoms with Gasteiger partial charge in [0.15, 0.2) is 0 Å². The van der Waals surface area contributed by atoms with Gasteiger partial charge in [0, 0.05) is 25.7 Å². The number of pyridine rings is 1. The zero-order valence-electron chi connectivity index (χ0n) is 18.1. The number of carbonyl (C=O) groups is 1. The van der Waals surface area contributed by atoms with Crippen LogP contribution in [0.25, 0.3) is 27.8 Å². The first-order chi connectivity index (χ1) is 16.1. The molecule has 3 heterocycles. The highest BCUT2D eigenvalue weighted by Crippen LogP contribution is 2.16. The lowest BCUT2D eigenvalue weighted by Gasteiger charge is -2.09. The van der Waals surface area contributed by atoms with E-state index >= 15 is 0 Å². The van der Waals surface area contributed by atoms with E-state index in [4.69, 9.17) is 0 Å². The number of fused-ring (bicyclic) bond motifs is 2. The standard InChI is InChI=1S/C25H22N6O2/c1-17-5-4-6-19-24(17)29-15-30(25(19)33)12-11-23(32)27-14-18-9-10-22(26-13-18)31-16-28-20-7-2-3-8-21(20)31/h2-10,13,15-16H,11-12,14H2,1H3,(H,27,32). The summed E-state index contributed by atoms with van der Waals surface area (Å²) in [5, 5.41) is 3.45. The molecule has 164 valence electrons. The Hall–Kier alpha value is -4.33. The lowest BCUT2D eigenvalue weighted by molar-refractivity contribution is -0.121. The van der Waals surface area contributed by atoms with Crippen LogP contribution in [-0.2, 0) is 17.9 Å². The fourth-order valence-corrected chi connectivity index (χ4v) is 3.81. The van der Waals surface area contributed by atoms with E-state index in [1.165, 1.54) is 10.9 Å². The van der Waals surface area contributed by atoms with Crippen molar-refractivity contribution in [2.24, 2.45) is 0 Å². The van der Waals surface area contributed by atoms with Crippen LogP contribution in [0.4, 0.5) is 0 Å². The Morgan fingerprint density at radius 2 is 1.85 bits per heavy atom. The number of hydrogen-bond acceptors (Lipinski definition) is 5. The van der Waals surface area contributed by atoms with Crippen LogP contribution in [0.3, 0.4) is 0 Å². The third kappa shape index (κ3) is 4.10. The molecule has 33 heavy (non-hydrogen) atoms. The number of para-hydroxylation sites is 3. The Bertz CT molecular complexity index is 1520. The molecule has 0 aliphatic rings. The molecular formula is C25H22N6O2. The molecule has 0 atom stereocenters. The molecule has 8 nitrogen and oxygen atoms in total. The molecule has 5 aromatic rings. The molecule has 0 saturated heterocycles. The van der Waals surface area contributed by atoms with Crippen LogP contribution < -0.4 is 10.9 Å². The van der Waals surface area contributed by atoms with Crippen molar-refractivity contribution >= 4 is 27.8 Å². The lowest BCUT2D eigenvalue weighted by Crippen LogP contribution is -2.27. The monoisotopic (exact) mass is 438 g/mol. The van der Waals surface area contributed by atoms with Crippen molar-refractivity contribution < 1.29 is 4.79 Å². The quantitative estimate of drug-likeness (QED) is 0.440. The van der Waals surface area contributed by atoms with Crippen molar-refractivity contribution in [3.63, 3.8) is 0 Å². The fourth-order valence-electron chi connectivity index (χ4n) is 3.81. The Balaban J connectivity index is 1.20. The summed E-state index contributed by atoms with van der Waals surface area (Å²) in [4.78, 5) is 38.3. The van der Waals surface area contributed by atoms with Gasteiger partial charge in [0.1, 0.15) is 12.1 Å². The first-order valence-corrected chi connectivity index (χ1v) is 10.7. The molecule has 0 unspecified atom stereocenters. The van der Waals surface area contributed by atoms with Crippen molar-refractivity contribution in [3.05, 3.63) is 94.9 Å². The minimum Gasteiger partial charge on any atom is -0.352 e. The van der Waals surface area contributed by atoms with Gasteiger partial charge < -0.3 is 5.32 Å². The number of aromatic nitrogens is 5. The van der Waals surface area contributed by atoms with Crippen molar-refractivity contribution in [2.75, 3.05) is 0 Å². The Kier molecular flexibility index (Phi) is 5.40. The third-order valence-electron chi connectivity index (χ3n) is 5.63. The van der Waals surface area contributed by atoms with Crippen LogP contribution in [0, 0.1) is 6.92 Å². The summed E-state index contributed by atoms with van der Waals surface area (Å²) < 4.78 is 3.40. The molecule has 0 saturated carbocycles. The first-order valence-electron chi connectivity index (χ1n) is 10.7. The highest BCUT2D eigenvalue weighted by molar-refractivity contribution is 5.80. The number of hydrogen-bond donors (Lipinski definition) is 1. The number of amides is 1. The number of nitrogens with one attached hydrogen (secondary N) is 1. The van der Waals surface area contributed by atoms with E-state index in [0.717, 1.165) is 28.0 Å². The maximum Gasteiger partial charge on any atom is 0.261 e. The Morgan fingerprint density at radius 3 is 2.70 bits per heavy atom. The maximum absolute atomic E-state index is 12.7. The smallest absolute Gasteiger partial charge is 0.261 e. The van der Waals surface area contributed by atoms with Crippen LogP contribution in [0.2, 0.25) is 0 Å². The summed E-state index contributed by atoms with van der Waals surface area (Å²) in [7, 11) is 0. The number of aryl methyl sites for hydroxylation is 2. The summed E-state index contributed by atoms with van der Waals surface area (Å²) in [6.07, 6.45) is 5.18. The van der Waals surface area contributed by atoms with Crippen molar-refractivity contribution in [3.8, 4) is 5.82 Å². The summed E-state index contributed by atoms with van der Waals surface area (Å²) in [6.45, 7) is 2.55. The molecule has 0 spiro atoms. The molecule has 1 N–H and O–H groups in total. The first kappa shape index (κ1) is 20.6. The van der Waals surface area contributed by atoms with Crippen LogP contribution in [-0.4, -0.2) is 30.0 Å². The highest BCUT2D eigenvalue weighted by Gasteiger charge is 2.09. The zero-order chi connectivity index (χ0) is 22.8. The second-order valence-electron chi connectivity index (χ2n) is 7.87. The zero-order valence-corrected chi connectivity index (χ0v) is 18.1. The van der Waals surface area contributed by atoms with E-state index in [1.807, 2.05) is 60.0 Å². The van der Waals surface area contributed by atoms with Crippen molar-refractivity contribution in [1.29, 1.82) is 0 Å². The molecule has 2 aromatic carbocycles. The van der Waals surface area contributed by atoms with Gasteiger partial charge in [-0.05, 0) is 42.3 Å². The minimum atomic E-state index is -0.143. The predicted molar refractivity (Wildman–Crippen MR) is 126 cm³/mol. The molecule has 5 rings (SSSR count). The van der Waals surface area contributed by atoms with E-state index in [0.29, 0.717) is 17.4 Å². The van der Waals surface area contributed by atoms with Crippen molar-refractivity contribution in [1.82, 2.24) is 29.4 Å². The van der Waals surface area contributed by atoms with Gasteiger partial charge in [0.25, 0.3) is 5.56 Å². The van der Waals surface area contributed by atoms with Gasteiger partial charge in [-0.25, -0.2) is 15.0 Å². The van der Waals surface area contributed by atoms with E-state index < -0.39 is 0 Å². The van der Waals surface area contributed by atoms with Gasteiger partial charge in [-0.15, -0.1) is 0 Å². The normalized spacial score (nSPS) is 11.2. The van der Waals surface area contributed by atoms with Crippen LogP contribution >= 0.6 is 0 Å². The van der Waals surface area contributed by atoms with E-state index in [9.17, 15) is 9.59 Å². The van der Waals surface area contributed by atoms with Gasteiger partial charge >= 0.3 is 0 Å². The molecule has 0 bridgehead atoms. The summed E-state index contributed by atoms with van der Waals surface area (Å²) >= 11 is 0. The second kappa shape index (κ2) is 8.66. The summed E-state index contributed by atoms with van der Waals surface area (Å²) in [6, 6.07) is 17.2. The third-order valence-corrected chi connectivity index (χ3v) is 5.63. The van der Waals surface area contributed by atoms with E-state index in [-0.39, 0.29) is 24.4 Å². The van der Waals surface area contributed by atoms with Crippen LogP contribution in [0.15, 0.2) is 78.2 Å². The number of benzene rings is 2. The fraction of sp³-hybridized carbons (Fsp3) is 0.160. The SMILES string of the molecule is Cc1cccc2c(=O)n(CCC(=O)NCc3ccc(-n4cnc5ccccc54)nc3)cnc12. The number of nitrogens with zero attached hydrogens (tertiary/aromatic N) is 5. The minimum absolute atomic E-state index is 0.136. The topological polar surface area (TPSA) is 94.7 Å². The molecular weight excluding hydrogens is 416 g/mol. The van der Waals surface area contributed by atoms with Gasteiger partial charge in [0.05, 0.1) is 28.3 Å². The summed E-state index contributed by atoms with van der Waals surface area (Å²) in [5.41, 5.74) is 4.30. The van der Waals surface area contributed by atoms with Gasteiger partial charge in [-0.2, -0.15) is 0 Å². The van der Waals surface area contributed by atoms with E-state index in [1.54, 1.807) is 18.6 Å². The number of imidazole rings is 1. The molecule has 0 aliphatic carbocycles. The average molecular weight is 438 g/mol.